The molecule has 0 amide bonds. The Bertz CT molecular complexity index is 1290. The molecule has 0 saturated heterocycles. The molecule has 34 heavy (non-hydrogen) atoms. The Morgan fingerprint density at radius 3 is 2.56 bits per heavy atom. The highest BCUT2D eigenvalue weighted by molar-refractivity contribution is 9.10. The van der Waals surface area contributed by atoms with Gasteiger partial charge in [0.15, 0.2) is 5.16 Å². The number of nitro groups is 1. The molecule has 0 aliphatic carbocycles. The van der Waals surface area contributed by atoms with Crippen LogP contribution in [0.3, 0.4) is 0 Å². The lowest BCUT2D eigenvalue weighted by atomic mass is 10.1. The van der Waals surface area contributed by atoms with Gasteiger partial charge in [-0.05, 0) is 55.3 Å². The van der Waals surface area contributed by atoms with Crippen LogP contribution in [0.25, 0.3) is 5.69 Å². The molecule has 1 aromatic heterocycles. The lowest BCUT2D eigenvalue weighted by Crippen LogP contribution is -2.12. The molecule has 0 bridgehead atoms. The minimum atomic E-state index is -0.511. The largest absolute Gasteiger partial charge is 0.489 e. The zero-order valence-corrected chi connectivity index (χ0v) is 21.1. The van der Waals surface area contributed by atoms with E-state index in [1.165, 1.54) is 11.8 Å². The summed E-state index contributed by atoms with van der Waals surface area (Å²) in [6.45, 7) is 3.98. The Morgan fingerprint density at radius 1 is 1.06 bits per heavy atom. The first kappa shape index (κ1) is 24.0. The minimum Gasteiger partial charge on any atom is -0.489 e. The Hall–Kier alpha value is -3.17. The Labute approximate surface area is 210 Å². The van der Waals surface area contributed by atoms with Gasteiger partial charge in [-0.15, -0.1) is 10.2 Å². The first-order valence-electron chi connectivity index (χ1n) is 10.6. The van der Waals surface area contributed by atoms with Crippen LogP contribution < -0.4 is 4.74 Å². The summed E-state index contributed by atoms with van der Waals surface area (Å²) in [7, 11) is 0. The van der Waals surface area contributed by atoms with Crippen LogP contribution in [0.4, 0.5) is 0 Å². The van der Waals surface area contributed by atoms with Crippen molar-refractivity contribution in [3.63, 3.8) is 0 Å². The van der Waals surface area contributed by atoms with Crippen LogP contribution in [0, 0.1) is 24.0 Å². The summed E-state index contributed by atoms with van der Waals surface area (Å²) in [5.41, 5.74) is 3.78. The summed E-state index contributed by atoms with van der Waals surface area (Å²) in [5, 5.41) is 20.3. The van der Waals surface area contributed by atoms with Gasteiger partial charge in [-0.1, -0.05) is 70.2 Å². The van der Waals surface area contributed by atoms with Gasteiger partial charge in [-0.3, -0.25) is 14.7 Å². The number of halogens is 1. The third-order valence-electron chi connectivity index (χ3n) is 5.19. The van der Waals surface area contributed by atoms with Gasteiger partial charge in [0.05, 0.1) is 0 Å². The Balaban J connectivity index is 1.64. The van der Waals surface area contributed by atoms with E-state index in [-0.39, 0.29) is 11.5 Å². The highest BCUT2D eigenvalue weighted by Crippen LogP contribution is 2.40. The predicted octanol–water partition coefficient (Wildman–Crippen LogP) is 6.34. The Kier molecular flexibility index (Phi) is 7.64. The molecule has 4 aromatic rings. The molecule has 4 rings (SSSR count). The number of thioether (sulfide) groups is 1. The van der Waals surface area contributed by atoms with Gasteiger partial charge in [0.25, 0.3) is 0 Å². The zero-order chi connectivity index (χ0) is 24.1. The van der Waals surface area contributed by atoms with E-state index in [0.717, 1.165) is 26.9 Å². The first-order chi connectivity index (χ1) is 16.4. The van der Waals surface area contributed by atoms with E-state index < -0.39 is 5.25 Å². The zero-order valence-electron chi connectivity index (χ0n) is 18.7. The summed E-state index contributed by atoms with van der Waals surface area (Å²) in [6.07, 6.45) is 0. The van der Waals surface area contributed by atoms with Crippen LogP contribution in [0.5, 0.6) is 5.75 Å². The maximum Gasteiger partial charge on any atom is 0.220 e. The molecule has 1 atom stereocenters. The third kappa shape index (κ3) is 5.84. The van der Waals surface area contributed by atoms with Crippen LogP contribution in [-0.2, 0) is 6.61 Å². The molecule has 0 saturated carbocycles. The van der Waals surface area contributed by atoms with Gasteiger partial charge in [0.2, 0.25) is 6.54 Å². The number of hydrogen-bond donors (Lipinski definition) is 0. The quantitative estimate of drug-likeness (QED) is 0.140. The first-order valence-corrected chi connectivity index (χ1v) is 12.3. The second-order valence-corrected chi connectivity index (χ2v) is 9.86. The molecule has 0 radical (unpaired) electrons. The summed E-state index contributed by atoms with van der Waals surface area (Å²) in [5.74, 6) is 1.33. The number of nitrogens with zero attached hydrogens (tertiary/aromatic N) is 4. The van der Waals surface area contributed by atoms with E-state index in [4.69, 9.17) is 4.74 Å². The van der Waals surface area contributed by atoms with Crippen molar-refractivity contribution in [3.8, 4) is 11.4 Å². The van der Waals surface area contributed by atoms with Crippen LogP contribution in [0.15, 0.2) is 82.4 Å². The van der Waals surface area contributed by atoms with Gasteiger partial charge in [0, 0.05) is 20.6 Å². The molecule has 0 aliphatic rings. The van der Waals surface area contributed by atoms with E-state index >= 15 is 0 Å². The molecule has 1 heterocycles. The van der Waals surface area contributed by atoms with Gasteiger partial charge in [0.1, 0.15) is 23.4 Å². The number of aryl methyl sites for hydroxylation is 2. The molecule has 0 fully saturated rings. The highest BCUT2D eigenvalue weighted by atomic mass is 79.9. The number of benzene rings is 3. The van der Waals surface area contributed by atoms with Crippen LogP contribution in [0.2, 0.25) is 0 Å². The van der Waals surface area contributed by atoms with E-state index in [9.17, 15) is 10.1 Å². The molecule has 174 valence electrons. The maximum atomic E-state index is 11.6. The van der Waals surface area contributed by atoms with Crippen molar-refractivity contribution in [1.82, 2.24) is 14.8 Å². The summed E-state index contributed by atoms with van der Waals surface area (Å²) < 4.78 is 9.02. The SMILES string of the molecule is Cc1cccc(-n2c(C)nnc2S[C@@H](C[N+](=O)[O-])c2ccccc2OCc2ccc(Br)cc2)c1. The molecular weight excluding hydrogens is 516 g/mol. The van der Waals surface area contributed by atoms with Gasteiger partial charge < -0.3 is 4.74 Å². The van der Waals surface area contributed by atoms with E-state index in [2.05, 4.69) is 26.1 Å². The second-order valence-electron chi connectivity index (χ2n) is 7.78. The second kappa shape index (κ2) is 10.8. The number of rotatable bonds is 9. The topological polar surface area (TPSA) is 83.1 Å². The third-order valence-corrected chi connectivity index (χ3v) is 6.88. The van der Waals surface area contributed by atoms with Crippen LogP contribution >= 0.6 is 27.7 Å². The summed E-state index contributed by atoms with van der Waals surface area (Å²) >= 11 is 4.75. The fourth-order valence-corrected chi connectivity index (χ4v) is 5.03. The molecule has 0 unspecified atom stereocenters. The van der Waals surface area contributed by atoms with E-state index in [1.54, 1.807) is 0 Å². The predicted molar refractivity (Wildman–Crippen MR) is 136 cm³/mol. The van der Waals surface area contributed by atoms with Crippen molar-refractivity contribution < 1.29 is 9.66 Å². The van der Waals surface area contributed by atoms with Crippen LogP contribution in [0.1, 0.15) is 27.8 Å². The molecule has 0 N–H and O–H groups in total. The minimum absolute atomic E-state index is 0.275. The van der Waals surface area contributed by atoms with E-state index in [1.807, 2.05) is 91.2 Å². The number of hydrogen-bond acceptors (Lipinski definition) is 6. The average molecular weight is 539 g/mol. The molecular formula is C25H23BrN4O3S. The van der Waals surface area contributed by atoms with E-state index in [0.29, 0.717) is 23.3 Å². The lowest BCUT2D eigenvalue weighted by Gasteiger charge is -2.18. The number of para-hydroxylation sites is 1. The van der Waals surface area contributed by atoms with Gasteiger partial charge in [-0.25, -0.2) is 0 Å². The average Bonchev–Trinajstić information content (AvgIpc) is 3.18. The fraction of sp³-hybridized carbons (Fsp3) is 0.200. The molecule has 0 aliphatic heterocycles. The molecule has 3 aromatic carbocycles. The molecule has 0 spiro atoms. The summed E-state index contributed by atoms with van der Waals surface area (Å²) in [4.78, 5) is 11.3. The smallest absolute Gasteiger partial charge is 0.220 e. The fourth-order valence-electron chi connectivity index (χ4n) is 3.57. The Morgan fingerprint density at radius 2 is 1.82 bits per heavy atom. The standard InChI is InChI=1S/C25H23BrN4O3S/c1-17-6-5-7-21(14-17)30-18(2)27-28-25(30)34-24(15-29(31)32)22-8-3-4-9-23(22)33-16-19-10-12-20(26)13-11-19/h3-14,24H,15-16H2,1-2H3/t24-/m0/s1. The van der Waals surface area contributed by atoms with Crippen molar-refractivity contribution >= 4 is 27.7 Å². The van der Waals surface area contributed by atoms with Crippen molar-refractivity contribution in [1.29, 1.82) is 0 Å². The highest BCUT2D eigenvalue weighted by Gasteiger charge is 2.26. The monoisotopic (exact) mass is 538 g/mol. The molecule has 7 nitrogen and oxygen atoms in total. The number of aromatic nitrogens is 3. The summed E-state index contributed by atoms with van der Waals surface area (Å²) in [6, 6.07) is 23.3. The van der Waals surface area contributed by atoms with Crippen LogP contribution in [-0.4, -0.2) is 26.2 Å². The number of ether oxygens (including phenoxy) is 1. The van der Waals surface area contributed by atoms with Crippen molar-refractivity contribution in [2.24, 2.45) is 0 Å². The van der Waals surface area contributed by atoms with Gasteiger partial charge >= 0.3 is 0 Å². The van der Waals surface area contributed by atoms with Crippen molar-refractivity contribution in [3.05, 3.63) is 110 Å². The van der Waals surface area contributed by atoms with Crippen molar-refractivity contribution in [2.75, 3.05) is 6.54 Å². The lowest BCUT2D eigenvalue weighted by molar-refractivity contribution is -0.479. The molecule has 9 heteroatoms. The maximum absolute atomic E-state index is 11.6. The van der Waals surface area contributed by atoms with Crippen molar-refractivity contribution in [2.45, 2.75) is 30.9 Å². The van der Waals surface area contributed by atoms with Gasteiger partial charge in [-0.2, -0.15) is 0 Å². The normalized spacial score (nSPS) is 11.9.